The van der Waals surface area contributed by atoms with Crippen LogP contribution in [0, 0.1) is 0 Å². The van der Waals surface area contributed by atoms with E-state index in [2.05, 4.69) is 0 Å². The van der Waals surface area contributed by atoms with E-state index in [0.29, 0.717) is 55.7 Å². The van der Waals surface area contributed by atoms with Crippen LogP contribution in [-0.2, 0) is 11.0 Å². The molecule has 1 aliphatic carbocycles. The van der Waals surface area contributed by atoms with Gasteiger partial charge in [0, 0.05) is 42.3 Å². The van der Waals surface area contributed by atoms with Crippen LogP contribution in [0.1, 0.15) is 28.8 Å². The van der Waals surface area contributed by atoms with Crippen molar-refractivity contribution in [1.82, 2.24) is 9.80 Å². The Bertz CT molecular complexity index is 1010. The molecule has 1 saturated carbocycles. The Morgan fingerprint density at radius 1 is 0.935 bits per heavy atom. The fourth-order valence-electron chi connectivity index (χ4n) is 3.64. The molecule has 1 heterocycles. The van der Waals surface area contributed by atoms with E-state index >= 15 is 0 Å². The van der Waals surface area contributed by atoms with Gasteiger partial charge in [-0.05, 0) is 42.7 Å². The van der Waals surface area contributed by atoms with E-state index in [1.54, 1.807) is 34.1 Å². The summed E-state index contributed by atoms with van der Waals surface area (Å²) in [6.07, 6.45) is -3.50. The van der Waals surface area contributed by atoms with Crippen LogP contribution in [0.2, 0.25) is 5.02 Å². The van der Waals surface area contributed by atoms with Gasteiger partial charge in [-0.2, -0.15) is 13.2 Å². The van der Waals surface area contributed by atoms with Crippen LogP contribution < -0.4 is 0 Å². The smallest absolute Gasteiger partial charge is 0.380 e. The Balaban J connectivity index is 1.42. The Morgan fingerprint density at radius 2 is 1.52 bits per heavy atom. The predicted octanol–water partition coefficient (Wildman–Crippen LogP) is 3.84. The molecule has 0 atom stereocenters. The molecule has 1 N–H and O–H groups in total. The van der Waals surface area contributed by atoms with Crippen LogP contribution in [0.25, 0.3) is 11.1 Å². The van der Waals surface area contributed by atoms with Gasteiger partial charge < -0.3 is 14.9 Å². The van der Waals surface area contributed by atoms with Gasteiger partial charge in [-0.3, -0.25) is 9.59 Å². The molecule has 0 aromatic heterocycles. The summed E-state index contributed by atoms with van der Waals surface area (Å²) in [5.74, 6) is -0.459. The predicted molar refractivity (Wildman–Crippen MR) is 109 cm³/mol. The van der Waals surface area contributed by atoms with Crippen LogP contribution in [0.4, 0.5) is 13.2 Å². The molecular formula is C22H20ClF3N2O3. The molecule has 2 amide bonds. The number of hydrogen-bond donors (Lipinski definition) is 1. The van der Waals surface area contributed by atoms with Crippen LogP contribution in [0.5, 0.6) is 0 Å². The molecule has 0 radical (unpaired) electrons. The summed E-state index contributed by atoms with van der Waals surface area (Å²) in [6.45, 7) is 1.47. The number of alkyl halides is 3. The number of carbonyl (C=O) groups excluding carboxylic acids is 2. The van der Waals surface area contributed by atoms with Gasteiger partial charge >= 0.3 is 6.18 Å². The number of carbonyl (C=O) groups is 2. The van der Waals surface area contributed by atoms with E-state index in [-0.39, 0.29) is 16.8 Å². The Hall–Kier alpha value is -2.58. The van der Waals surface area contributed by atoms with E-state index in [1.165, 1.54) is 6.07 Å². The molecule has 5 nitrogen and oxygen atoms in total. The molecule has 2 aliphatic rings. The molecule has 2 aromatic carbocycles. The molecule has 9 heteroatoms. The maximum absolute atomic E-state index is 12.8. The Morgan fingerprint density at radius 3 is 2.03 bits per heavy atom. The fourth-order valence-corrected chi connectivity index (χ4v) is 3.93. The number of nitrogens with zero attached hydrogens (tertiary/aromatic N) is 2. The van der Waals surface area contributed by atoms with Crippen molar-refractivity contribution in [2.75, 3.05) is 26.2 Å². The van der Waals surface area contributed by atoms with Crippen molar-refractivity contribution >= 4 is 23.4 Å². The van der Waals surface area contributed by atoms with Gasteiger partial charge in [0.1, 0.15) is 5.60 Å². The van der Waals surface area contributed by atoms with Crippen LogP contribution in [0.3, 0.4) is 0 Å². The third-order valence-corrected chi connectivity index (χ3v) is 6.03. The Kier molecular flexibility index (Phi) is 5.47. The molecule has 0 unspecified atom stereocenters. The van der Waals surface area contributed by atoms with Crippen molar-refractivity contribution in [3.63, 3.8) is 0 Å². The van der Waals surface area contributed by atoms with E-state index < -0.39 is 17.3 Å². The van der Waals surface area contributed by atoms with Gasteiger partial charge in [0.05, 0.1) is 5.56 Å². The highest BCUT2D eigenvalue weighted by Crippen LogP contribution is 2.37. The third kappa shape index (κ3) is 4.41. The first-order chi connectivity index (χ1) is 14.6. The number of amides is 2. The number of aliphatic hydroxyl groups is 1. The van der Waals surface area contributed by atoms with Gasteiger partial charge in [-0.25, -0.2) is 0 Å². The minimum Gasteiger partial charge on any atom is -0.380 e. The fraction of sp³-hybridized carbons (Fsp3) is 0.364. The van der Waals surface area contributed by atoms with Gasteiger partial charge in [-0.15, -0.1) is 0 Å². The number of hydrogen-bond acceptors (Lipinski definition) is 3. The van der Waals surface area contributed by atoms with Gasteiger partial charge in [0.25, 0.3) is 11.8 Å². The van der Waals surface area contributed by atoms with Crippen molar-refractivity contribution in [2.24, 2.45) is 0 Å². The van der Waals surface area contributed by atoms with E-state index in [9.17, 15) is 27.9 Å². The van der Waals surface area contributed by atoms with Crippen LogP contribution >= 0.6 is 11.6 Å². The maximum Gasteiger partial charge on any atom is 0.416 e. The lowest BCUT2D eigenvalue weighted by Gasteiger charge is -2.35. The maximum atomic E-state index is 12.8. The molecule has 0 bridgehead atoms. The molecule has 2 aromatic rings. The second kappa shape index (κ2) is 7.84. The lowest BCUT2D eigenvalue weighted by molar-refractivity contribution is -0.144. The molecule has 1 saturated heterocycles. The van der Waals surface area contributed by atoms with Crippen LogP contribution in [-0.4, -0.2) is 58.5 Å². The average molecular weight is 453 g/mol. The summed E-state index contributed by atoms with van der Waals surface area (Å²) in [6, 6.07) is 9.67. The van der Waals surface area contributed by atoms with Crippen molar-refractivity contribution in [3.8, 4) is 11.1 Å². The van der Waals surface area contributed by atoms with Gasteiger partial charge in [0.15, 0.2) is 0 Å². The Labute approximate surface area is 182 Å². The molecule has 31 heavy (non-hydrogen) atoms. The topological polar surface area (TPSA) is 60.9 Å². The van der Waals surface area contributed by atoms with Crippen molar-refractivity contribution in [1.29, 1.82) is 0 Å². The second-order valence-electron chi connectivity index (χ2n) is 7.89. The normalized spacial score (nSPS) is 18.1. The zero-order chi connectivity index (χ0) is 22.4. The SMILES string of the molecule is O=C(c1ccc(-c2ccc(C(F)(F)F)cc2Cl)cc1)N1CCN(C(=O)C2(O)CC2)CC1. The number of benzene rings is 2. The quantitative estimate of drug-likeness (QED) is 0.770. The first-order valence-electron chi connectivity index (χ1n) is 9.87. The summed E-state index contributed by atoms with van der Waals surface area (Å²) in [7, 11) is 0. The largest absolute Gasteiger partial charge is 0.416 e. The van der Waals surface area contributed by atoms with E-state index in [4.69, 9.17) is 11.6 Å². The first kappa shape index (κ1) is 21.6. The molecule has 2 fully saturated rings. The first-order valence-corrected chi connectivity index (χ1v) is 10.2. The van der Waals surface area contributed by atoms with Crippen molar-refractivity contribution in [2.45, 2.75) is 24.6 Å². The van der Waals surface area contributed by atoms with Gasteiger partial charge in [-0.1, -0.05) is 29.8 Å². The minimum atomic E-state index is -4.47. The molecule has 4 rings (SSSR count). The zero-order valence-electron chi connectivity index (χ0n) is 16.5. The molecular weight excluding hydrogens is 433 g/mol. The van der Waals surface area contributed by atoms with Crippen molar-refractivity contribution < 1.29 is 27.9 Å². The van der Waals surface area contributed by atoms with E-state index in [0.717, 1.165) is 12.1 Å². The standard InChI is InChI=1S/C22H20ClF3N2O3/c23-18-13-16(22(24,25)26)5-6-17(18)14-1-3-15(4-2-14)19(29)27-9-11-28(12-10-27)20(30)21(31)7-8-21/h1-6,13,31H,7-12H2. The average Bonchev–Trinajstić information content (AvgIpc) is 3.51. The highest BCUT2D eigenvalue weighted by molar-refractivity contribution is 6.33. The monoisotopic (exact) mass is 452 g/mol. The van der Waals surface area contributed by atoms with Crippen LogP contribution in [0.15, 0.2) is 42.5 Å². The number of rotatable bonds is 3. The van der Waals surface area contributed by atoms with E-state index in [1.807, 2.05) is 0 Å². The molecule has 164 valence electrons. The summed E-state index contributed by atoms with van der Waals surface area (Å²) in [5, 5.41) is 9.94. The molecule has 1 aliphatic heterocycles. The minimum absolute atomic E-state index is 0.0213. The van der Waals surface area contributed by atoms with Crippen molar-refractivity contribution in [3.05, 3.63) is 58.6 Å². The summed E-state index contributed by atoms with van der Waals surface area (Å²) < 4.78 is 38.4. The summed E-state index contributed by atoms with van der Waals surface area (Å²) >= 11 is 6.04. The number of piperazine rings is 1. The lowest BCUT2D eigenvalue weighted by Crippen LogP contribution is -2.53. The summed E-state index contributed by atoms with van der Waals surface area (Å²) in [5.41, 5.74) is -0.546. The third-order valence-electron chi connectivity index (χ3n) is 5.72. The zero-order valence-corrected chi connectivity index (χ0v) is 17.2. The highest BCUT2D eigenvalue weighted by atomic mass is 35.5. The number of halogens is 4. The summed E-state index contributed by atoms with van der Waals surface area (Å²) in [4.78, 5) is 28.2. The second-order valence-corrected chi connectivity index (χ2v) is 8.29. The molecule has 0 spiro atoms. The lowest BCUT2D eigenvalue weighted by atomic mass is 10.0. The van der Waals surface area contributed by atoms with Gasteiger partial charge in [0.2, 0.25) is 0 Å². The highest BCUT2D eigenvalue weighted by Gasteiger charge is 2.50.